The zero-order valence-electron chi connectivity index (χ0n) is 18.9. The number of aryl methyl sites for hydroxylation is 1. The highest BCUT2D eigenvalue weighted by Crippen LogP contribution is 2.34. The molecule has 1 fully saturated rings. The molecule has 0 bridgehead atoms. The van der Waals surface area contributed by atoms with Crippen LogP contribution in [0, 0.1) is 5.92 Å². The Bertz CT molecular complexity index is 1310. The highest BCUT2D eigenvalue weighted by molar-refractivity contribution is 7.86. The van der Waals surface area contributed by atoms with Crippen molar-refractivity contribution in [1.82, 2.24) is 14.9 Å². The number of nitrogens with zero attached hydrogens (tertiary/aromatic N) is 3. The molecule has 0 unspecified atom stereocenters. The second kappa shape index (κ2) is 10.7. The van der Waals surface area contributed by atoms with Crippen molar-refractivity contribution in [1.29, 1.82) is 0 Å². The van der Waals surface area contributed by atoms with Crippen molar-refractivity contribution in [2.45, 2.75) is 37.1 Å². The molecular weight excluding hydrogens is 512 g/mol. The molecule has 0 radical (unpaired) electrons. The average Bonchev–Trinajstić information content (AvgIpc) is 2.80. The molecule has 4 rings (SSSR count). The van der Waals surface area contributed by atoms with Gasteiger partial charge in [0.2, 0.25) is 5.95 Å². The molecule has 0 amide bonds. The lowest BCUT2D eigenvalue weighted by Gasteiger charge is -2.32. The molecule has 35 heavy (non-hydrogen) atoms. The Labute approximate surface area is 214 Å². The zero-order chi connectivity index (χ0) is 25.2. The number of nitrogens with two attached hydrogens (primary N) is 2. The van der Waals surface area contributed by atoms with Gasteiger partial charge in [0.25, 0.3) is 0 Å². The van der Waals surface area contributed by atoms with Gasteiger partial charge < -0.3 is 11.5 Å². The summed E-state index contributed by atoms with van der Waals surface area (Å²) in [6.07, 6.45) is 3.68. The summed E-state index contributed by atoms with van der Waals surface area (Å²) in [5.41, 5.74) is 15.4. The van der Waals surface area contributed by atoms with Gasteiger partial charge in [0.1, 0.15) is 5.82 Å². The predicted octanol–water partition coefficient (Wildman–Crippen LogP) is 5.12. The minimum atomic E-state index is -4.67. The number of likely N-dealkylation sites (tertiary alicyclic amines) is 1. The third-order valence-corrected chi connectivity index (χ3v) is 7.92. The van der Waals surface area contributed by atoms with Gasteiger partial charge in [0.15, 0.2) is 0 Å². The van der Waals surface area contributed by atoms with Crippen molar-refractivity contribution >= 4 is 45.2 Å². The van der Waals surface area contributed by atoms with Crippen LogP contribution in [-0.4, -0.2) is 36.4 Å². The Hall–Kier alpha value is -2.46. The van der Waals surface area contributed by atoms with Crippen LogP contribution < -0.4 is 11.5 Å². The van der Waals surface area contributed by atoms with Crippen LogP contribution >= 0.6 is 23.2 Å². The van der Waals surface area contributed by atoms with Crippen LogP contribution in [-0.2, 0) is 23.2 Å². The van der Waals surface area contributed by atoms with Crippen molar-refractivity contribution in [2.75, 3.05) is 24.6 Å². The summed E-state index contributed by atoms with van der Waals surface area (Å²) in [6.45, 7) is 2.53. The molecule has 1 aliphatic rings. The largest absolute Gasteiger partial charge is 0.383 e. The maximum Gasteiger partial charge on any atom is 0.332 e. The number of anilines is 2. The lowest BCUT2D eigenvalue weighted by Crippen LogP contribution is -2.33. The topological polar surface area (TPSA) is 115 Å². The lowest BCUT2D eigenvalue weighted by atomic mass is 9.90. The summed E-state index contributed by atoms with van der Waals surface area (Å²) >= 11 is 12.3. The number of nitrogen functional groups attached to an aromatic ring is 2. The Morgan fingerprint density at radius 1 is 1.00 bits per heavy atom. The van der Waals surface area contributed by atoms with Crippen LogP contribution in [0.25, 0.3) is 11.1 Å². The molecule has 1 aliphatic heterocycles. The van der Waals surface area contributed by atoms with Crippen LogP contribution in [0.5, 0.6) is 0 Å². The number of hydrogen-bond donors (Lipinski definition) is 2. The normalized spacial score (nSPS) is 15.4. The third kappa shape index (κ3) is 6.41. The summed E-state index contributed by atoms with van der Waals surface area (Å²) in [7, 11) is -4.67. The first-order valence-corrected chi connectivity index (χ1v) is 13.4. The first kappa shape index (κ1) is 25.6. The quantitative estimate of drug-likeness (QED) is 0.402. The van der Waals surface area contributed by atoms with Gasteiger partial charge in [0.05, 0.1) is 20.6 Å². The molecular formula is C24H26Cl2FN5O2S. The number of benzene rings is 2. The smallest absolute Gasteiger partial charge is 0.332 e. The highest BCUT2D eigenvalue weighted by Gasteiger charge is 2.22. The SMILES string of the molecule is Nc1nc(N)c(-c2ccc(Cl)c(Cl)c2)c(CCC2CCN(Cc3ccc(S(=O)(=O)F)cc3)CC2)n1. The van der Waals surface area contributed by atoms with E-state index in [0.717, 1.165) is 54.7 Å². The Kier molecular flexibility index (Phi) is 7.80. The second-order valence-electron chi connectivity index (χ2n) is 8.76. The van der Waals surface area contributed by atoms with Crippen molar-refractivity contribution in [2.24, 2.45) is 5.92 Å². The van der Waals surface area contributed by atoms with E-state index in [1.165, 1.54) is 12.1 Å². The molecule has 0 spiro atoms. The van der Waals surface area contributed by atoms with Crippen LogP contribution in [0.2, 0.25) is 10.0 Å². The number of piperidine rings is 1. The standard InChI is InChI=1S/C24H26Cl2FN5O2S/c25-19-7-4-17(13-20(19)26)22-21(30-24(29)31-23(22)28)8-3-15-9-11-32(12-10-15)14-16-1-5-18(6-2-16)35(27,33)34/h1-2,4-7,13,15H,3,8-12,14H2,(H4,28,29,30,31). The van der Waals surface area contributed by atoms with Gasteiger partial charge in [-0.25, -0.2) is 4.98 Å². The molecule has 3 aromatic rings. The number of rotatable bonds is 7. The fraction of sp³-hybridized carbons (Fsp3) is 0.333. The van der Waals surface area contributed by atoms with E-state index in [2.05, 4.69) is 14.9 Å². The summed E-state index contributed by atoms with van der Waals surface area (Å²) in [5, 5.41) is 0.890. The van der Waals surface area contributed by atoms with Gasteiger partial charge in [0, 0.05) is 12.1 Å². The van der Waals surface area contributed by atoms with Gasteiger partial charge in [-0.05, 0) is 80.1 Å². The van der Waals surface area contributed by atoms with Gasteiger partial charge >= 0.3 is 10.2 Å². The van der Waals surface area contributed by atoms with Crippen LogP contribution in [0.15, 0.2) is 47.4 Å². The molecule has 2 heterocycles. The maximum absolute atomic E-state index is 13.1. The zero-order valence-corrected chi connectivity index (χ0v) is 21.3. The Morgan fingerprint density at radius 3 is 2.31 bits per heavy atom. The molecule has 7 nitrogen and oxygen atoms in total. The molecule has 0 atom stereocenters. The predicted molar refractivity (Wildman–Crippen MR) is 137 cm³/mol. The van der Waals surface area contributed by atoms with E-state index in [0.29, 0.717) is 34.7 Å². The average molecular weight is 538 g/mol. The van der Waals surface area contributed by atoms with E-state index in [1.807, 2.05) is 6.07 Å². The number of halogens is 3. The van der Waals surface area contributed by atoms with E-state index in [1.54, 1.807) is 24.3 Å². The fourth-order valence-corrected chi connectivity index (χ4v) is 5.24. The molecule has 1 saturated heterocycles. The molecule has 0 saturated carbocycles. The minimum Gasteiger partial charge on any atom is -0.383 e. The lowest BCUT2D eigenvalue weighted by molar-refractivity contribution is 0.172. The first-order chi connectivity index (χ1) is 16.6. The summed E-state index contributed by atoms with van der Waals surface area (Å²) in [6, 6.07) is 11.3. The van der Waals surface area contributed by atoms with Crippen LogP contribution in [0.1, 0.15) is 30.5 Å². The van der Waals surface area contributed by atoms with E-state index in [-0.39, 0.29) is 10.8 Å². The second-order valence-corrected chi connectivity index (χ2v) is 10.9. The number of aromatic nitrogens is 2. The Morgan fingerprint density at radius 2 is 1.69 bits per heavy atom. The van der Waals surface area contributed by atoms with Gasteiger partial charge in [-0.15, -0.1) is 3.89 Å². The first-order valence-electron chi connectivity index (χ1n) is 11.2. The molecule has 2 aromatic carbocycles. The number of hydrogen-bond acceptors (Lipinski definition) is 7. The summed E-state index contributed by atoms with van der Waals surface area (Å²) in [4.78, 5) is 10.6. The van der Waals surface area contributed by atoms with Crippen molar-refractivity contribution in [3.63, 3.8) is 0 Å². The Balaban J connectivity index is 1.37. The van der Waals surface area contributed by atoms with Crippen molar-refractivity contribution in [3.05, 3.63) is 63.8 Å². The summed E-state index contributed by atoms with van der Waals surface area (Å²) < 4.78 is 35.1. The third-order valence-electron chi connectivity index (χ3n) is 6.35. The molecule has 1 aromatic heterocycles. The van der Waals surface area contributed by atoms with E-state index in [4.69, 9.17) is 34.7 Å². The molecule has 4 N–H and O–H groups in total. The minimum absolute atomic E-state index is 0.141. The monoisotopic (exact) mass is 537 g/mol. The van der Waals surface area contributed by atoms with Gasteiger partial charge in [-0.1, -0.05) is 41.4 Å². The highest BCUT2D eigenvalue weighted by atomic mass is 35.5. The van der Waals surface area contributed by atoms with E-state index < -0.39 is 10.2 Å². The molecule has 0 aliphatic carbocycles. The van der Waals surface area contributed by atoms with Crippen molar-refractivity contribution in [3.8, 4) is 11.1 Å². The van der Waals surface area contributed by atoms with Gasteiger partial charge in [-0.2, -0.15) is 13.4 Å². The van der Waals surface area contributed by atoms with Crippen molar-refractivity contribution < 1.29 is 12.3 Å². The molecule has 186 valence electrons. The van der Waals surface area contributed by atoms with Gasteiger partial charge in [-0.3, -0.25) is 4.90 Å². The van der Waals surface area contributed by atoms with E-state index >= 15 is 0 Å². The molecule has 11 heteroatoms. The van der Waals surface area contributed by atoms with Crippen LogP contribution in [0.4, 0.5) is 15.7 Å². The summed E-state index contributed by atoms with van der Waals surface area (Å²) in [5.74, 6) is 0.972. The fourth-order valence-electron chi connectivity index (χ4n) is 4.48. The maximum atomic E-state index is 13.1. The van der Waals surface area contributed by atoms with E-state index in [9.17, 15) is 12.3 Å². The van der Waals surface area contributed by atoms with Crippen LogP contribution in [0.3, 0.4) is 0 Å².